The van der Waals surface area contributed by atoms with Crippen LogP contribution in [0.2, 0.25) is 0 Å². The number of aliphatic hydroxyl groups excluding tert-OH is 1. The van der Waals surface area contributed by atoms with Crippen molar-refractivity contribution in [3.8, 4) is 0 Å². The number of carbonyl (C=O) groups excluding carboxylic acids is 4. The number of nitrogens with two attached hydrogens (primary N) is 2. The van der Waals surface area contributed by atoms with Crippen LogP contribution in [0.3, 0.4) is 0 Å². The molecule has 0 aromatic carbocycles. The van der Waals surface area contributed by atoms with Gasteiger partial charge in [-0.3, -0.25) is 24.0 Å². The van der Waals surface area contributed by atoms with Gasteiger partial charge in [0, 0.05) is 18.6 Å². The summed E-state index contributed by atoms with van der Waals surface area (Å²) in [6, 6.07) is -5.59. The number of aliphatic carboxylic acids is 2. The molecule has 0 saturated carbocycles. The highest BCUT2D eigenvalue weighted by Crippen LogP contribution is 2.02. The van der Waals surface area contributed by atoms with E-state index < -0.39 is 72.8 Å². The molecule has 4 atom stereocenters. The van der Waals surface area contributed by atoms with Gasteiger partial charge in [0.05, 0.1) is 12.6 Å². The lowest BCUT2D eigenvalue weighted by Gasteiger charge is -2.24. The Morgan fingerprint density at radius 2 is 1.32 bits per heavy atom. The van der Waals surface area contributed by atoms with Crippen LogP contribution in [0.5, 0.6) is 0 Å². The first kappa shape index (κ1) is 28.1. The van der Waals surface area contributed by atoms with Gasteiger partial charge in [0.25, 0.3) is 0 Å². The Labute approximate surface area is 182 Å². The summed E-state index contributed by atoms with van der Waals surface area (Å²) in [5.74, 6) is -6.47. The largest absolute Gasteiger partial charge is 0.481 e. The quantitative estimate of drug-likeness (QED) is 0.106. The molecule has 176 valence electrons. The summed E-state index contributed by atoms with van der Waals surface area (Å²) in [6.07, 6.45) is -1.20. The molecule has 0 aliphatic heterocycles. The molecule has 4 amide bonds. The molecule has 14 nitrogen and oxygen atoms in total. The Morgan fingerprint density at radius 1 is 0.806 bits per heavy atom. The third-order valence-corrected chi connectivity index (χ3v) is 4.30. The van der Waals surface area contributed by atoms with Gasteiger partial charge >= 0.3 is 11.9 Å². The highest BCUT2D eigenvalue weighted by Gasteiger charge is 2.30. The number of amides is 4. The zero-order chi connectivity index (χ0) is 24.1. The molecular formula is C16H27N5O9S. The van der Waals surface area contributed by atoms with E-state index in [1.54, 1.807) is 0 Å². The maximum Gasteiger partial charge on any atom is 0.327 e. The molecule has 0 rings (SSSR count). The average Bonchev–Trinajstić information content (AvgIpc) is 2.70. The monoisotopic (exact) mass is 465 g/mol. The predicted octanol–water partition coefficient (Wildman–Crippen LogP) is -4.09. The van der Waals surface area contributed by atoms with Crippen molar-refractivity contribution in [3.05, 3.63) is 0 Å². The minimum Gasteiger partial charge on any atom is -0.481 e. The normalized spacial score (nSPS) is 14.4. The van der Waals surface area contributed by atoms with Gasteiger partial charge in [-0.05, 0) is 12.8 Å². The average molecular weight is 465 g/mol. The van der Waals surface area contributed by atoms with Crippen LogP contribution >= 0.6 is 12.6 Å². The SMILES string of the molecule is NC(=O)CCC(NC(=O)C(N)CCC(=O)O)C(=O)NC(CO)C(=O)NC(CS)C(=O)O. The number of nitrogens with one attached hydrogen (secondary N) is 3. The second kappa shape index (κ2) is 14.2. The minimum atomic E-state index is -1.57. The van der Waals surface area contributed by atoms with Gasteiger partial charge in [-0.15, -0.1) is 0 Å². The Balaban J connectivity index is 5.21. The van der Waals surface area contributed by atoms with Gasteiger partial charge in [0.2, 0.25) is 23.6 Å². The van der Waals surface area contributed by atoms with Crippen molar-refractivity contribution in [3.63, 3.8) is 0 Å². The van der Waals surface area contributed by atoms with Crippen molar-refractivity contribution >= 4 is 48.2 Å². The number of hydrogen-bond donors (Lipinski definition) is 9. The Kier molecular flexibility index (Phi) is 12.8. The summed E-state index contributed by atoms with van der Waals surface area (Å²) < 4.78 is 0. The zero-order valence-electron chi connectivity index (χ0n) is 16.4. The minimum absolute atomic E-state index is 0.215. The van der Waals surface area contributed by atoms with Crippen LogP contribution in [-0.2, 0) is 28.8 Å². The molecule has 0 aliphatic rings. The van der Waals surface area contributed by atoms with Crippen LogP contribution < -0.4 is 27.4 Å². The van der Waals surface area contributed by atoms with Crippen LogP contribution in [0.25, 0.3) is 0 Å². The van der Waals surface area contributed by atoms with Crippen molar-refractivity contribution in [2.75, 3.05) is 12.4 Å². The van der Waals surface area contributed by atoms with Gasteiger partial charge in [-0.2, -0.15) is 12.6 Å². The van der Waals surface area contributed by atoms with Crippen molar-refractivity contribution < 1.29 is 44.1 Å². The molecular weight excluding hydrogens is 438 g/mol. The number of hydrogen-bond acceptors (Lipinski definition) is 9. The number of rotatable bonds is 15. The molecule has 0 aromatic rings. The molecule has 10 N–H and O–H groups in total. The van der Waals surface area contributed by atoms with E-state index in [4.69, 9.17) is 21.7 Å². The first-order chi connectivity index (χ1) is 14.4. The molecule has 4 unspecified atom stereocenters. The number of carboxylic acids is 2. The molecule has 0 heterocycles. The molecule has 31 heavy (non-hydrogen) atoms. The van der Waals surface area contributed by atoms with Gasteiger partial charge < -0.3 is 42.7 Å². The predicted molar refractivity (Wildman–Crippen MR) is 108 cm³/mol. The third-order valence-electron chi connectivity index (χ3n) is 3.93. The van der Waals surface area contributed by atoms with E-state index in [1.165, 1.54) is 0 Å². The van der Waals surface area contributed by atoms with Crippen molar-refractivity contribution in [2.24, 2.45) is 11.5 Å². The van der Waals surface area contributed by atoms with Crippen LogP contribution in [-0.4, -0.2) is 87.4 Å². The van der Waals surface area contributed by atoms with Crippen molar-refractivity contribution in [2.45, 2.75) is 49.9 Å². The smallest absolute Gasteiger partial charge is 0.327 e. The molecule has 0 saturated heterocycles. The van der Waals surface area contributed by atoms with Crippen molar-refractivity contribution in [1.29, 1.82) is 0 Å². The summed E-state index contributed by atoms with van der Waals surface area (Å²) in [7, 11) is 0. The van der Waals surface area contributed by atoms with Gasteiger partial charge in [-0.25, -0.2) is 4.79 Å². The standard InChI is InChI=1S/C16H27N5O9S/c17-7(1-4-12(24)25)13(26)19-8(2-3-11(18)23)14(27)20-9(5-22)15(28)21-10(6-31)16(29)30/h7-10,22,31H,1-6,17H2,(H2,18,23)(H,19,26)(H,20,27)(H,21,28)(H,24,25)(H,29,30). The van der Waals surface area contributed by atoms with Crippen LogP contribution in [0.1, 0.15) is 25.7 Å². The number of primary amides is 1. The van der Waals surface area contributed by atoms with E-state index in [0.29, 0.717) is 0 Å². The summed E-state index contributed by atoms with van der Waals surface area (Å²) in [4.78, 5) is 69.4. The lowest BCUT2D eigenvalue weighted by atomic mass is 10.1. The fourth-order valence-electron chi connectivity index (χ4n) is 2.17. The third kappa shape index (κ3) is 11.2. The van der Waals surface area contributed by atoms with Gasteiger partial charge in [0.15, 0.2) is 0 Å². The number of carboxylic acid groups (broad SMARTS) is 2. The topological polar surface area (TPSA) is 251 Å². The van der Waals surface area contributed by atoms with E-state index in [9.17, 15) is 33.9 Å². The number of aliphatic hydroxyl groups is 1. The first-order valence-electron chi connectivity index (χ1n) is 9.04. The molecule has 15 heteroatoms. The van der Waals surface area contributed by atoms with Gasteiger partial charge in [-0.1, -0.05) is 0 Å². The van der Waals surface area contributed by atoms with Crippen LogP contribution in [0, 0.1) is 0 Å². The molecule has 0 radical (unpaired) electrons. The fourth-order valence-corrected chi connectivity index (χ4v) is 2.42. The second-order valence-electron chi connectivity index (χ2n) is 6.43. The van der Waals surface area contributed by atoms with E-state index in [0.717, 1.165) is 0 Å². The Morgan fingerprint density at radius 3 is 1.77 bits per heavy atom. The highest BCUT2D eigenvalue weighted by atomic mass is 32.1. The molecule has 0 spiro atoms. The van der Waals surface area contributed by atoms with E-state index in [-0.39, 0.29) is 25.0 Å². The van der Waals surface area contributed by atoms with Crippen LogP contribution in [0.4, 0.5) is 0 Å². The molecule has 0 fully saturated rings. The Bertz CT molecular complexity index is 690. The van der Waals surface area contributed by atoms with E-state index in [2.05, 4.69) is 28.6 Å². The van der Waals surface area contributed by atoms with Crippen LogP contribution in [0.15, 0.2) is 0 Å². The molecule has 0 aromatic heterocycles. The fraction of sp³-hybridized carbons (Fsp3) is 0.625. The lowest BCUT2D eigenvalue weighted by Crippen LogP contribution is -2.58. The first-order valence-corrected chi connectivity index (χ1v) is 9.67. The number of carbonyl (C=O) groups is 6. The molecule has 0 bridgehead atoms. The zero-order valence-corrected chi connectivity index (χ0v) is 17.3. The summed E-state index contributed by atoms with van der Waals surface area (Å²) >= 11 is 3.78. The summed E-state index contributed by atoms with van der Waals surface area (Å²) in [5, 5.41) is 33.4. The maximum absolute atomic E-state index is 12.5. The van der Waals surface area contributed by atoms with Gasteiger partial charge in [0.1, 0.15) is 18.1 Å². The van der Waals surface area contributed by atoms with Crippen molar-refractivity contribution in [1.82, 2.24) is 16.0 Å². The maximum atomic E-state index is 12.5. The van der Waals surface area contributed by atoms with E-state index >= 15 is 0 Å². The number of thiol groups is 1. The second-order valence-corrected chi connectivity index (χ2v) is 6.80. The Hall–Kier alpha value is -2.91. The van der Waals surface area contributed by atoms with E-state index in [1.807, 2.05) is 0 Å². The lowest BCUT2D eigenvalue weighted by molar-refractivity contribution is -0.142. The molecule has 0 aliphatic carbocycles. The highest BCUT2D eigenvalue weighted by molar-refractivity contribution is 7.80. The summed E-state index contributed by atoms with van der Waals surface area (Å²) in [6.45, 7) is -0.898. The summed E-state index contributed by atoms with van der Waals surface area (Å²) in [5.41, 5.74) is 10.6.